The molecule has 24 heavy (non-hydrogen) atoms. The first kappa shape index (κ1) is 14.9. The van der Waals surface area contributed by atoms with Crippen LogP contribution >= 0.6 is 0 Å². The normalized spacial score (nSPS) is 18.8. The number of aromatic nitrogens is 2. The minimum atomic E-state index is -0.126. The van der Waals surface area contributed by atoms with Gasteiger partial charge in [0.2, 0.25) is 5.95 Å². The Bertz CT molecular complexity index is 739. The molecule has 1 aromatic carbocycles. The van der Waals surface area contributed by atoms with Crippen molar-refractivity contribution in [2.24, 2.45) is 0 Å². The number of benzene rings is 1. The molecule has 0 spiro atoms. The predicted molar refractivity (Wildman–Crippen MR) is 92.7 cm³/mol. The summed E-state index contributed by atoms with van der Waals surface area (Å²) < 4.78 is 0. The molecule has 0 radical (unpaired) electrons. The third kappa shape index (κ3) is 3.16. The van der Waals surface area contributed by atoms with Crippen LogP contribution in [0.5, 0.6) is 0 Å². The van der Waals surface area contributed by atoms with Crippen LogP contribution in [0.25, 0.3) is 0 Å². The van der Waals surface area contributed by atoms with Gasteiger partial charge in [-0.05, 0) is 43.1 Å². The number of nitrogens with zero attached hydrogens (tertiary/aromatic N) is 2. The molecule has 1 aromatic heterocycles. The molecule has 0 aliphatic carbocycles. The van der Waals surface area contributed by atoms with E-state index in [1.807, 2.05) is 6.07 Å². The number of carbonyl (C=O) groups excluding carboxylic acids is 1. The SMILES string of the molecule is O=C(NC1CCNC1)c1cnc(Nc2ccc3c(c2)CCN3)nc1. The van der Waals surface area contributed by atoms with Crippen LogP contribution in [0.3, 0.4) is 0 Å². The number of carbonyl (C=O) groups is 1. The zero-order valence-electron chi connectivity index (χ0n) is 13.3. The van der Waals surface area contributed by atoms with Crippen LogP contribution in [0.2, 0.25) is 0 Å². The second-order valence-electron chi connectivity index (χ2n) is 6.13. The number of anilines is 3. The van der Waals surface area contributed by atoms with Gasteiger partial charge in [-0.15, -0.1) is 0 Å². The molecule has 0 saturated carbocycles. The molecule has 1 atom stereocenters. The number of amides is 1. The van der Waals surface area contributed by atoms with E-state index in [0.717, 1.165) is 38.2 Å². The highest BCUT2D eigenvalue weighted by atomic mass is 16.1. The molecule has 7 nitrogen and oxygen atoms in total. The standard InChI is InChI=1S/C17H20N6O/c24-16(22-14-4-5-18-10-14)12-8-20-17(21-9-12)23-13-1-2-15-11(7-13)3-6-19-15/h1-2,7-9,14,18-19H,3-6,10H2,(H,22,24)(H,20,21,23). The van der Waals surface area contributed by atoms with Crippen LogP contribution in [-0.4, -0.2) is 41.6 Å². The lowest BCUT2D eigenvalue weighted by molar-refractivity contribution is 0.0939. The van der Waals surface area contributed by atoms with Gasteiger partial charge in [0.15, 0.2) is 0 Å². The monoisotopic (exact) mass is 324 g/mol. The molecule has 1 unspecified atom stereocenters. The van der Waals surface area contributed by atoms with Gasteiger partial charge in [-0.1, -0.05) is 0 Å². The second-order valence-corrected chi connectivity index (χ2v) is 6.13. The van der Waals surface area contributed by atoms with Gasteiger partial charge in [0.25, 0.3) is 5.91 Å². The predicted octanol–water partition coefficient (Wildman–Crippen LogP) is 1.28. The summed E-state index contributed by atoms with van der Waals surface area (Å²) in [5.74, 6) is 0.360. The Morgan fingerprint density at radius 3 is 2.88 bits per heavy atom. The van der Waals surface area contributed by atoms with Gasteiger partial charge in [0.1, 0.15) is 0 Å². The topological polar surface area (TPSA) is 91.0 Å². The molecule has 1 fully saturated rings. The Kier molecular flexibility index (Phi) is 4.00. The molecular formula is C17H20N6O. The van der Waals surface area contributed by atoms with E-state index < -0.39 is 0 Å². The van der Waals surface area contributed by atoms with Crippen molar-refractivity contribution in [1.29, 1.82) is 0 Å². The van der Waals surface area contributed by atoms with Crippen molar-refractivity contribution >= 4 is 23.2 Å². The molecule has 2 aromatic rings. The number of hydrogen-bond acceptors (Lipinski definition) is 6. The highest BCUT2D eigenvalue weighted by molar-refractivity contribution is 5.93. The first-order chi connectivity index (χ1) is 11.8. The fourth-order valence-corrected chi connectivity index (χ4v) is 3.07. The summed E-state index contributed by atoms with van der Waals surface area (Å²) in [6.45, 7) is 2.75. The zero-order chi connectivity index (χ0) is 16.4. The summed E-state index contributed by atoms with van der Waals surface area (Å²) >= 11 is 0. The first-order valence-electron chi connectivity index (χ1n) is 8.25. The molecule has 2 aliphatic rings. The highest BCUT2D eigenvalue weighted by Gasteiger charge is 2.18. The highest BCUT2D eigenvalue weighted by Crippen LogP contribution is 2.26. The quantitative estimate of drug-likeness (QED) is 0.677. The maximum atomic E-state index is 12.2. The first-order valence-corrected chi connectivity index (χ1v) is 8.25. The van der Waals surface area contributed by atoms with E-state index in [-0.39, 0.29) is 11.9 Å². The molecule has 4 rings (SSSR count). The molecule has 2 aliphatic heterocycles. The number of hydrogen-bond donors (Lipinski definition) is 4. The zero-order valence-corrected chi connectivity index (χ0v) is 13.3. The van der Waals surface area contributed by atoms with E-state index in [2.05, 4.69) is 43.4 Å². The third-order valence-electron chi connectivity index (χ3n) is 4.38. The molecule has 3 heterocycles. The van der Waals surface area contributed by atoms with Crippen molar-refractivity contribution in [3.05, 3.63) is 41.7 Å². The number of fused-ring (bicyclic) bond motifs is 1. The van der Waals surface area contributed by atoms with Crippen molar-refractivity contribution < 1.29 is 4.79 Å². The minimum Gasteiger partial charge on any atom is -0.384 e. The molecule has 1 saturated heterocycles. The molecule has 4 N–H and O–H groups in total. The third-order valence-corrected chi connectivity index (χ3v) is 4.38. The summed E-state index contributed by atoms with van der Waals surface area (Å²) in [6.07, 6.45) is 5.10. The van der Waals surface area contributed by atoms with Crippen LogP contribution in [-0.2, 0) is 6.42 Å². The van der Waals surface area contributed by atoms with Crippen LogP contribution in [0.1, 0.15) is 22.3 Å². The van der Waals surface area contributed by atoms with Gasteiger partial charge in [-0.2, -0.15) is 0 Å². The molecule has 7 heteroatoms. The van der Waals surface area contributed by atoms with E-state index in [0.29, 0.717) is 11.5 Å². The van der Waals surface area contributed by atoms with E-state index in [1.165, 1.54) is 11.3 Å². The van der Waals surface area contributed by atoms with Crippen molar-refractivity contribution in [1.82, 2.24) is 20.6 Å². The fourth-order valence-electron chi connectivity index (χ4n) is 3.07. The average molecular weight is 324 g/mol. The summed E-state index contributed by atoms with van der Waals surface area (Å²) in [7, 11) is 0. The minimum absolute atomic E-state index is 0.126. The largest absolute Gasteiger partial charge is 0.384 e. The summed E-state index contributed by atoms with van der Waals surface area (Å²) in [6, 6.07) is 6.35. The Morgan fingerprint density at radius 1 is 1.21 bits per heavy atom. The van der Waals surface area contributed by atoms with E-state index in [9.17, 15) is 4.79 Å². The van der Waals surface area contributed by atoms with Gasteiger partial charge >= 0.3 is 0 Å². The van der Waals surface area contributed by atoms with Crippen molar-refractivity contribution in [2.75, 3.05) is 30.3 Å². The Labute approximate surface area is 140 Å². The smallest absolute Gasteiger partial charge is 0.254 e. The van der Waals surface area contributed by atoms with Gasteiger partial charge < -0.3 is 21.3 Å². The van der Waals surface area contributed by atoms with Gasteiger partial charge in [0, 0.05) is 42.9 Å². The molecule has 1 amide bonds. The maximum absolute atomic E-state index is 12.2. The van der Waals surface area contributed by atoms with Crippen molar-refractivity contribution in [3.8, 4) is 0 Å². The van der Waals surface area contributed by atoms with E-state index in [1.54, 1.807) is 12.4 Å². The number of nitrogens with one attached hydrogen (secondary N) is 4. The number of rotatable bonds is 4. The molecule has 0 bridgehead atoms. The van der Waals surface area contributed by atoms with Crippen LogP contribution in [0.15, 0.2) is 30.6 Å². The lowest BCUT2D eigenvalue weighted by Crippen LogP contribution is -2.36. The van der Waals surface area contributed by atoms with Crippen molar-refractivity contribution in [2.45, 2.75) is 18.9 Å². The van der Waals surface area contributed by atoms with E-state index in [4.69, 9.17) is 0 Å². The summed E-state index contributed by atoms with van der Waals surface area (Å²) in [4.78, 5) is 20.6. The van der Waals surface area contributed by atoms with Crippen LogP contribution in [0.4, 0.5) is 17.3 Å². The van der Waals surface area contributed by atoms with Crippen LogP contribution in [0, 0.1) is 0 Å². The summed E-state index contributed by atoms with van der Waals surface area (Å²) in [5.41, 5.74) is 3.91. The van der Waals surface area contributed by atoms with Crippen molar-refractivity contribution in [3.63, 3.8) is 0 Å². The maximum Gasteiger partial charge on any atom is 0.254 e. The summed E-state index contributed by atoms with van der Waals surface area (Å²) in [5, 5.41) is 12.7. The lowest BCUT2D eigenvalue weighted by Gasteiger charge is -2.11. The second kappa shape index (κ2) is 6.45. The average Bonchev–Trinajstić information content (AvgIpc) is 3.26. The van der Waals surface area contributed by atoms with E-state index >= 15 is 0 Å². The fraction of sp³-hybridized carbons (Fsp3) is 0.353. The molecular weight excluding hydrogens is 304 g/mol. The Morgan fingerprint density at radius 2 is 2.08 bits per heavy atom. The lowest BCUT2D eigenvalue weighted by atomic mass is 10.1. The molecule has 124 valence electrons. The van der Waals surface area contributed by atoms with Gasteiger partial charge in [0.05, 0.1) is 5.56 Å². The van der Waals surface area contributed by atoms with Gasteiger partial charge in [-0.25, -0.2) is 9.97 Å². The van der Waals surface area contributed by atoms with Gasteiger partial charge in [-0.3, -0.25) is 4.79 Å². The Balaban J connectivity index is 1.41. The Hall–Kier alpha value is -2.67. The van der Waals surface area contributed by atoms with Crippen LogP contribution < -0.4 is 21.3 Å².